The van der Waals surface area contributed by atoms with Crippen LogP contribution < -0.4 is 16.4 Å². The lowest BCUT2D eigenvalue weighted by molar-refractivity contribution is -0.143. The summed E-state index contributed by atoms with van der Waals surface area (Å²) in [7, 11) is -1.06. The number of benzene rings is 2. The van der Waals surface area contributed by atoms with Crippen molar-refractivity contribution in [2.75, 3.05) is 12.4 Å². The molecule has 1 amide bonds. The number of sulfone groups is 1. The first-order valence-corrected chi connectivity index (χ1v) is 13.0. The Balaban J connectivity index is 1.78. The van der Waals surface area contributed by atoms with Crippen LogP contribution in [-0.4, -0.2) is 41.8 Å². The molecule has 10 nitrogen and oxygen atoms in total. The van der Waals surface area contributed by atoms with Gasteiger partial charge in [0.25, 0.3) is 0 Å². The van der Waals surface area contributed by atoms with E-state index in [2.05, 4.69) is 5.32 Å². The van der Waals surface area contributed by atoms with Gasteiger partial charge in [-0.05, 0) is 37.6 Å². The molecule has 0 aliphatic heterocycles. The second-order valence-corrected chi connectivity index (χ2v) is 10.6. The summed E-state index contributed by atoms with van der Waals surface area (Å²) < 4.78 is 33.2. The third kappa shape index (κ3) is 5.91. The number of aryl methyl sites for hydroxylation is 3. The Morgan fingerprint density at radius 3 is 2.19 bits per heavy atom. The summed E-state index contributed by atoms with van der Waals surface area (Å²) in [5, 5.41) is 2.74. The molecule has 0 spiro atoms. The average molecular weight is 516 g/mol. The monoisotopic (exact) mass is 515 g/mol. The lowest BCUT2D eigenvalue weighted by Crippen LogP contribution is -2.39. The summed E-state index contributed by atoms with van der Waals surface area (Å²) in [6, 6.07) is 10.7. The minimum absolute atomic E-state index is 0.0712. The van der Waals surface area contributed by atoms with Crippen molar-refractivity contribution in [1.82, 2.24) is 14.5 Å². The van der Waals surface area contributed by atoms with Crippen molar-refractivity contribution in [2.24, 2.45) is 14.1 Å². The van der Waals surface area contributed by atoms with E-state index in [4.69, 9.17) is 4.74 Å². The third-order valence-electron chi connectivity index (χ3n) is 5.91. The van der Waals surface area contributed by atoms with Crippen molar-refractivity contribution in [2.45, 2.75) is 37.6 Å². The van der Waals surface area contributed by atoms with Crippen LogP contribution in [0, 0.1) is 6.92 Å². The quantitative estimate of drug-likeness (QED) is 0.337. The average Bonchev–Trinajstić information content (AvgIpc) is 2.85. The molecule has 0 saturated carbocycles. The standard InChI is InChI=1S/C25H29N3O7S/c1-5-35-23(30)15-19(17-8-6-16(2)7-9-17)26-22(29)12-13-36(33,34)18-10-11-20-21(14-18)28(4)25(32)24(31)27(20)3/h6-11,14,19H,5,12-13,15H2,1-4H3,(H,26,29)/t19-/m1/s1. The van der Waals surface area contributed by atoms with Crippen molar-refractivity contribution in [3.8, 4) is 0 Å². The van der Waals surface area contributed by atoms with Crippen molar-refractivity contribution in [3.63, 3.8) is 0 Å². The van der Waals surface area contributed by atoms with E-state index in [-0.39, 0.29) is 29.9 Å². The molecular formula is C25H29N3O7S. The fourth-order valence-corrected chi connectivity index (χ4v) is 5.06. The lowest BCUT2D eigenvalue weighted by Gasteiger charge is -2.19. The van der Waals surface area contributed by atoms with Crippen LogP contribution in [0.3, 0.4) is 0 Å². The highest BCUT2D eigenvalue weighted by molar-refractivity contribution is 7.91. The molecule has 0 fully saturated rings. The molecule has 3 aromatic rings. The maximum absolute atomic E-state index is 13.0. The molecule has 0 bridgehead atoms. The molecule has 36 heavy (non-hydrogen) atoms. The first-order chi connectivity index (χ1) is 16.9. The zero-order valence-corrected chi connectivity index (χ0v) is 21.4. The van der Waals surface area contributed by atoms with Gasteiger partial charge in [0.1, 0.15) is 0 Å². The minimum atomic E-state index is -3.89. The van der Waals surface area contributed by atoms with Crippen molar-refractivity contribution in [3.05, 3.63) is 74.3 Å². The number of esters is 1. The Bertz CT molecular complexity index is 1520. The van der Waals surface area contributed by atoms with E-state index in [1.165, 1.54) is 32.3 Å². The van der Waals surface area contributed by atoms with E-state index < -0.39 is 44.6 Å². The molecule has 1 N–H and O–H groups in total. The number of fused-ring (bicyclic) bond motifs is 1. The van der Waals surface area contributed by atoms with E-state index in [0.29, 0.717) is 11.1 Å². The number of hydrogen-bond donors (Lipinski definition) is 1. The normalized spacial score (nSPS) is 12.3. The Morgan fingerprint density at radius 1 is 0.972 bits per heavy atom. The van der Waals surface area contributed by atoms with Crippen LogP contribution >= 0.6 is 0 Å². The molecule has 11 heteroatoms. The van der Waals surface area contributed by atoms with Gasteiger partial charge in [-0.15, -0.1) is 0 Å². The Kier molecular flexibility index (Phi) is 8.13. The zero-order chi connectivity index (χ0) is 26.6. The van der Waals surface area contributed by atoms with Gasteiger partial charge >= 0.3 is 17.1 Å². The highest BCUT2D eigenvalue weighted by Crippen LogP contribution is 2.21. The summed E-state index contributed by atoms with van der Waals surface area (Å²) in [6.07, 6.45) is -0.426. The second-order valence-electron chi connectivity index (χ2n) is 8.49. The maximum atomic E-state index is 13.0. The van der Waals surface area contributed by atoms with Gasteiger partial charge in [0.05, 0.1) is 40.8 Å². The summed E-state index contributed by atoms with van der Waals surface area (Å²) >= 11 is 0. The van der Waals surface area contributed by atoms with Crippen LogP contribution in [0.15, 0.2) is 56.9 Å². The number of nitrogens with one attached hydrogen (secondary N) is 1. The van der Waals surface area contributed by atoms with Crippen molar-refractivity contribution < 1.29 is 22.7 Å². The van der Waals surface area contributed by atoms with Gasteiger partial charge < -0.3 is 19.2 Å². The lowest BCUT2D eigenvalue weighted by atomic mass is 10.0. The molecule has 1 aromatic heterocycles. The SMILES string of the molecule is CCOC(=O)C[C@@H](NC(=O)CCS(=O)(=O)c1ccc2c(c1)n(C)c(=O)c(=O)n2C)c1ccc(C)cc1. The molecule has 1 heterocycles. The van der Waals surface area contributed by atoms with Gasteiger partial charge in [-0.1, -0.05) is 29.8 Å². The third-order valence-corrected chi connectivity index (χ3v) is 7.62. The molecule has 0 unspecified atom stereocenters. The smallest absolute Gasteiger partial charge is 0.316 e. The van der Waals surface area contributed by atoms with Gasteiger partial charge in [-0.2, -0.15) is 0 Å². The van der Waals surface area contributed by atoms with E-state index in [9.17, 15) is 27.6 Å². The summed E-state index contributed by atoms with van der Waals surface area (Å²) in [5.74, 6) is -1.50. The van der Waals surface area contributed by atoms with Gasteiger partial charge in [0, 0.05) is 20.5 Å². The van der Waals surface area contributed by atoms with E-state index in [0.717, 1.165) is 14.7 Å². The van der Waals surface area contributed by atoms with Crippen LogP contribution in [0.1, 0.15) is 36.9 Å². The van der Waals surface area contributed by atoms with E-state index in [1.54, 1.807) is 19.1 Å². The fourth-order valence-electron chi connectivity index (χ4n) is 3.80. The largest absolute Gasteiger partial charge is 0.466 e. The van der Waals surface area contributed by atoms with Crippen LogP contribution in [-0.2, 0) is 38.3 Å². The number of rotatable bonds is 9. The van der Waals surface area contributed by atoms with Crippen LogP contribution in [0.5, 0.6) is 0 Å². The molecule has 3 rings (SSSR count). The predicted molar refractivity (Wildman–Crippen MR) is 134 cm³/mol. The first-order valence-electron chi connectivity index (χ1n) is 11.4. The van der Waals surface area contributed by atoms with Gasteiger partial charge in [-0.3, -0.25) is 19.2 Å². The highest BCUT2D eigenvalue weighted by atomic mass is 32.2. The number of carbonyl (C=O) groups is 2. The summed E-state index contributed by atoms with van der Waals surface area (Å²) in [6.45, 7) is 3.81. The zero-order valence-electron chi connectivity index (χ0n) is 20.6. The maximum Gasteiger partial charge on any atom is 0.316 e. The Labute approximate surface area is 208 Å². The Morgan fingerprint density at radius 2 is 1.58 bits per heavy atom. The molecule has 1 atom stereocenters. The van der Waals surface area contributed by atoms with Gasteiger partial charge in [0.15, 0.2) is 9.84 Å². The second kappa shape index (κ2) is 10.9. The first kappa shape index (κ1) is 26.9. The van der Waals surface area contributed by atoms with Gasteiger partial charge in [-0.25, -0.2) is 8.42 Å². The summed E-state index contributed by atoms with van der Waals surface area (Å²) in [4.78, 5) is 48.8. The van der Waals surface area contributed by atoms with Crippen molar-refractivity contribution >= 4 is 32.7 Å². The number of hydrogen-bond acceptors (Lipinski definition) is 7. The topological polar surface area (TPSA) is 134 Å². The van der Waals surface area contributed by atoms with E-state index >= 15 is 0 Å². The fraction of sp³-hybridized carbons (Fsp3) is 0.360. The van der Waals surface area contributed by atoms with Crippen LogP contribution in [0.25, 0.3) is 11.0 Å². The molecule has 0 radical (unpaired) electrons. The predicted octanol–water partition coefficient (Wildman–Crippen LogP) is 1.52. The number of nitrogens with zero attached hydrogens (tertiary/aromatic N) is 2. The molecule has 2 aromatic carbocycles. The number of carbonyl (C=O) groups excluding carboxylic acids is 2. The van der Waals surface area contributed by atoms with Crippen LogP contribution in [0.2, 0.25) is 0 Å². The molecule has 192 valence electrons. The molecular weight excluding hydrogens is 486 g/mol. The van der Waals surface area contributed by atoms with Gasteiger partial charge in [0.2, 0.25) is 5.91 Å². The molecule has 0 aliphatic rings. The van der Waals surface area contributed by atoms with Crippen LogP contribution in [0.4, 0.5) is 0 Å². The van der Waals surface area contributed by atoms with E-state index in [1.807, 2.05) is 19.1 Å². The summed E-state index contributed by atoms with van der Waals surface area (Å²) in [5.41, 5.74) is 0.899. The molecule has 0 aliphatic carbocycles. The highest BCUT2D eigenvalue weighted by Gasteiger charge is 2.22. The number of aromatic nitrogens is 2. The Hall–Kier alpha value is -3.73. The van der Waals surface area contributed by atoms with Crippen molar-refractivity contribution in [1.29, 1.82) is 0 Å². The minimum Gasteiger partial charge on any atom is -0.466 e. The number of ether oxygens (including phenoxy) is 1. The number of amides is 1. The molecule has 0 saturated heterocycles.